The quantitative estimate of drug-likeness (QED) is 0.742. The van der Waals surface area contributed by atoms with Crippen LogP contribution in [0.15, 0.2) is 57.7 Å². The number of halogens is 1. The van der Waals surface area contributed by atoms with Gasteiger partial charge in [0.25, 0.3) is 0 Å². The molecule has 21 heavy (non-hydrogen) atoms. The molecule has 0 atom stereocenters. The zero-order valence-electron chi connectivity index (χ0n) is 11.6. The molecule has 0 spiro atoms. The number of hydrogen-bond acceptors (Lipinski definition) is 3. The topological polar surface area (TPSA) is 38.4 Å². The molecule has 0 aliphatic rings. The predicted molar refractivity (Wildman–Crippen MR) is 83.4 cm³/mol. The highest BCUT2D eigenvalue weighted by Crippen LogP contribution is 2.14. The summed E-state index contributed by atoms with van der Waals surface area (Å²) < 4.78 is 6.85. The lowest BCUT2D eigenvalue weighted by Gasteiger charge is -2.17. The van der Waals surface area contributed by atoms with E-state index >= 15 is 0 Å². The molecule has 108 valence electrons. The van der Waals surface area contributed by atoms with E-state index in [2.05, 4.69) is 0 Å². The highest BCUT2D eigenvalue weighted by atomic mass is 35.5. The molecule has 5 heteroatoms. The monoisotopic (exact) mass is 302 g/mol. The molecule has 0 aliphatic heterocycles. The average Bonchev–Trinajstić information content (AvgIpc) is 2.75. The summed E-state index contributed by atoms with van der Waals surface area (Å²) in [6, 6.07) is 15.1. The predicted octanol–water partition coefficient (Wildman–Crippen LogP) is 3.34. The van der Waals surface area contributed by atoms with E-state index < -0.39 is 0 Å². The van der Waals surface area contributed by atoms with Gasteiger partial charge in [0.2, 0.25) is 0 Å². The van der Waals surface area contributed by atoms with Crippen molar-refractivity contribution < 1.29 is 4.42 Å². The van der Waals surface area contributed by atoms with Crippen LogP contribution in [0.3, 0.4) is 0 Å². The molecule has 0 saturated carbocycles. The summed E-state index contributed by atoms with van der Waals surface area (Å²) in [5, 5.41) is 0.715. The SMILES string of the molecule is CN(Cc1cccc(Cl)c1)Cn1c(=O)oc2ccccc21. The largest absolute Gasteiger partial charge is 0.421 e. The Morgan fingerprint density at radius 1 is 1.19 bits per heavy atom. The molecule has 0 radical (unpaired) electrons. The molecule has 0 aliphatic carbocycles. The maximum atomic E-state index is 11.9. The third-order valence-electron chi connectivity index (χ3n) is 3.30. The summed E-state index contributed by atoms with van der Waals surface area (Å²) >= 11 is 5.99. The van der Waals surface area contributed by atoms with Gasteiger partial charge in [0, 0.05) is 11.6 Å². The van der Waals surface area contributed by atoms with Gasteiger partial charge in [-0.1, -0.05) is 35.9 Å². The van der Waals surface area contributed by atoms with E-state index in [4.69, 9.17) is 16.0 Å². The average molecular weight is 303 g/mol. The zero-order valence-corrected chi connectivity index (χ0v) is 12.4. The van der Waals surface area contributed by atoms with Crippen molar-refractivity contribution in [2.75, 3.05) is 7.05 Å². The van der Waals surface area contributed by atoms with Crippen molar-refractivity contribution in [1.82, 2.24) is 9.47 Å². The molecule has 3 rings (SSSR count). The van der Waals surface area contributed by atoms with Crippen LogP contribution in [0.2, 0.25) is 5.02 Å². The van der Waals surface area contributed by atoms with Crippen LogP contribution in [0.5, 0.6) is 0 Å². The van der Waals surface area contributed by atoms with Gasteiger partial charge in [0.05, 0.1) is 12.2 Å². The Labute approximate surface area is 127 Å². The maximum absolute atomic E-state index is 11.9. The van der Waals surface area contributed by atoms with Gasteiger partial charge in [-0.15, -0.1) is 0 Å². The van der Waals surface area contributed by atoms with Crippen molar-refractivity contribution in [2.45, 2.75) is 13.2 Å². The van der Waals surface area contributed by atoms with Crippen LogP contribution < -0.4 is 5.76 Å². The number of hydrogen-bond donors (Lipinski definition) is 0. The summed E-state index contributed by atoms with van der Waals surface area (Å²) in [6.45, 7) is 1.16. The number of rotatable bonds is 4. The fraction of sp³-hybridized carbons (Fsp3) is 0.188. The number of fused-ring (bicyclic) bond motifs is 1. The second-order valence-electron chi connectivity index (χ2n) is 5.05. The first kappa shape index (κ1) is 13.9. The molecule has 1 heterocycles. The lowest BCUT2D eigenvalue weighted by Crippen LogP contribution is -2.27. The number of oxazole rings is 1. The Kier molecular flexibility index (Phi) is 3.82. The van der Waals surface area contributed by atoms with Gasteiger partial charge in [0.1, 0.15) is 0 Å². The van der Waals surface area contributed by atoms with Crippen molar-refractivity contribution in [3.63, 3.8) is 0 Å². The van der Waals surface area contributed by atoms with Gasteiger partial charge in [-0.3, -0.25) is 9.47 Å². The van der Waals surface area contributed by atoms with Gasteiger partial charge in [-0.25, -0.2) is 4.79 Å². The molecule has 0 bridgehead atoms. The highest BCUT2D eigenvalue weighted by molar-refractivity contribution is 6.30. The minimum atomic E-state index is -0.339. The Bertz CT molecular complexity index is 822. The molecule has 1 aromatic heterocycles. The van der Waals surface area contributed by atoms with Crippen LogP contribution in [-0.4, -0.2) is 16.5 Å². The van der Waals surface area contributed by atoms with Crippen LogP contribution in [0.1, 0.15) is 5.56 Å². The number of nitrogens with zero attached hydrogens (tertiary/aromatic N) is 2. The van der Waals surface area contributed by atoms with E-state index in [0.29, 0.717) is 23.8 Å². The molecule has 2 aromatic carbocycles. The highest BCUT2D eigenvalue weighted by Gasteiger charge is 2.10. The fourth-order valence-electron chi connectivity index (χ4n) is 2.39. The summed E-state index contributed by atoms with van der Waals surface area (Å²) in [7, 11) is 1.95. The lowest BCUT2D eigenvalue weighted by molar-refractivity contribution is 0.253. The zero-order chi connectivity index (χ0) is 14.8. The number of aromatic nitrogens is 1. The standard InChI is InChI=1S/C16H15ClN2O2/c1-18(10-12-5-4-6-13(17)9-12)11-19-14-7-2-3-8-15(14)21-16(19)20/h2-9H,10-11H2,1H3. The van der Waals surface area contributed by atoms with Crippen LogP contribution >= 0.6 is 11.6 Å². The van der Waals surface area contributed by atoms with Crippen molar-refractivity contribution >= 4 is 22.7 Å². The van der Waals surface area contributed by atoms with E-state index in [1.165, 1.54) is 0 Å². The number of benzene rings is 2. The molecule has 0 unspecified atom stereocenters. The smallest absolute Gasteiger partial charge is 0.408 e. The molecular formula is C16H15ClN2O2. The first-order valence-electron chi connectivity index (χ1n) is 6.65. The van der Waals surface area contributed by atoms with Crippen molar-refractivity contribution in [3.05, 3.63) is 69.7 Å². The van der Waals surface area contributed by atoms with Crippen LogP contribution in [0.4, 0.5) is 0 Å². The molecule has 0 N–H and O–H groups in total. The summed E-state index contributed by atoms with van der Waals surface area (Å²) in [5.74, 6) is -0.339. The van der Waals surface area contributed by atoms with Gasteiger partial charge in [0.15, 0.2) is 5.58 Å². The molecule has 0 fully saturated rings. The summed E-state index contributed by atoms with van der Waals surface area (Å²) in [4.78, 5) is 14.0. The van der Waals surface area contributed by atoms with Gasteiger partial charge >= 0.3 is 5.76 Å². The summed E-state index contributed by atoms with van der Waals surface area (Å²) in [5.41, 5.74) is 2.52. The molecular weight excluding hydrogens is 288 g/mol. The summed E-state index contributed by atoms with van der Waals surface area (Å²) in [6.07, 6.45) is 0. The van der Waals surface area contributed by atoms with Crippen molar-refractivity contribution in [3.8, 4) is 0 Å². The van der Waals surface area contributed by atoms with E-state index in [1.54, 1.807) is 10.6 Å². The number of para-hydroxylation sites is 2. The van der Waals surface area contributed by atoms with Gasteiger partial charge < -0.3 is 4.42 Å². The minimum absolute atomic E-state index is 0.339. The van der Waals surface area contributed by atoms with Gasteiger partial charge in [-0.05, 0) is 36.9 Å². The molecule has 0 saturated heterocycles. The van der Waals surface area contributed by atoms with E-state index in [-0.39, 0.29) is 5.76 Å². The Morgan fingerprint density at radius 3 is 2.81 bits per heavy atom. The van der Waals surface area contributed by atoms with E-state index in [9.17, 15) is 4.79 Å². The third-order valence-corrected chi connectivity index (χ3v) is 3.53. The third kappa shape index (κ3) is 3.01. The second-order valence-corrected chi connectivity index (χ2v) is 5.49. The van der Waals surface area contributed by atoms with Crippen LogP contribution in [-0.2, 0) is 13.2 Å². The van der Waals surface area contributed by atoms with Crippen molar-refractivity contribution in [1.29, 1.82) is 0 Å². The Balaban J connectivity index is 1.82. The lowest BCUT2D eigenvalue weighted by atomic mass is 10.2. The fourth-order valence-corrected chi connectivity index (χ4v) is 2.60. The maximum Gasteiger partial charge on any atom is 0.421 e. The Hall–Kier alpha value is -2.04. The molecule has 3 aromatic rings. The molecule has 4 nitrogen and oxygen atoms in total. The molecule has 0 amide bonds. The van der Waals surface area contributed by atoms with E-state index in [0.717, 1.165) is 11.1 Å². The van der Waals surface area contributed by atoms with Crippen molar-refractivity contribution in [2.24, 2.45) is 0 Å². The minimum Gasteiger partial charge on any atom is -0.408 e. The van der Waals surface area contributed by atoms with Crippen LogP contribution in [0, 0.1) is 0 Å². The second kappa shape index (κ2) is 5.76. The first-order chi connectivity index (χ1) is 10.1. The first-order valence-corrected chi connectivity index (χ1v) is 7.02. The van der Waals surface area contributed by atoms with Crippen LogP contribution in [0.25, 0.3) is 11.1 Å². The Morgan fingerprint density at radius 2 is 2.00 bits per heavy atom. The van der Waals surface area contributed by atoms with Gasteiger partial charge in [-0.2, -0.15) is 0 Å². The van der Waals surface area contributed by atoms with E-state index in [1.807, 2.05) is 54.4 Å². The normalized spacial score (nSPS) is 11.4.